The number of hydrogen-bond acceptors (Lipinski definition) is 3. The summed E-state index contributed by atoms with van der Waals surface area (Å²) in [4.78, 5) is 1.61. The van der Waals surface area contributed by atoms with Crippen LogP contribution in [0.1, 0.15) is 5.56 Å². The molecule has 0 aliphatic carbocycles. The summed E-state index contributed by atoms with van der Waals surface area (Å²) in [5.74, 6) is 0.227. The Morgan fingerprint density at radius 2 is 1.89 bits per heavy atom. The van der Waals surface area contributed by atoms with Gasteiger partial charge in [-0.2, -0.15) is 9.89 Å². The lowest BCUT2D eigenvalue weighted by atomic mass is 10.2. The molecule has 0 saturated carbocycles. The lowest BCUT2D eigenvalue weighted by Gasteiger charge is -2.08. The number of fused-ring (bicyclic) bond motifs is 1. The van der Waals surface area contributed by atoms with Gasteiger partial charge in [-0.25, -0.2) is 0 Å². The highest BCUT2D eigenvalue weighted by molar-refractivity contribution is 5.84. The Kier molecular flexibility index (Phi) is 2.61. The van der Waals surface area contributed by atoms with Crippen LogP contribution in [-0.4, -0.2) is 15.0 Å². The van der Waals surface area contributed by atoms with E-state index in [9.17, 15) is 5.11 Å². The summed E-state index contributed by atoms with van der Waals surface area (Å²) < 4.78 is 0. The van der Waals surface area contributed by atoms with Crippen molar-refractivity contribution < 1.29 is 5.11 Å². The van der Waals surface area contributed by atoms with Crippen LogP contribution in [0.15, 0.2) is 54.7 Å². The Morgan fingerprint density at radius 3 is 2.72 bits per heavy atom. The zero-order valence-corrected chi connectivity index (χ0v) is 9.74. The first-order valence-electron chi connectivity index (χ1n) is 5.78. The fourth-order valence-electron chi connectivity index (χ4n) is 1.94. The zero-order valence-electron chi connectivity index (χ0n) is 9.74. The second kappa shape index (κ2) is 4.41. The lowest BCUT2D eigenvalue weighted by Crippen LogP contribution is -2.15. The van der Waals surface area contributed by atoms with Gasteiger partial charge in [-0.05, 0) is 11.6 Å². The Balaban J connectivity index is 1.87. The maximum absolute atomic E-state index is 9.84. The molecule has 0 saturated heterocycles. The highest BCUT2D eigenvalue weighted by Gasteiger charge is 2.06. The van der Waals surface area contributed by atoms with Crippen molar-refractivity contribution in [1.29, 1.82) is 0 Å². The topological polar surface area (TPSA) is 50.1 Å². The van der Waals surface area contributed by atoms with Gasteiger partial charge in [0.15, 0.2) is 0 Å². The third kappa shape index (κ3) is 1.88. The van der Waals surface area contributed by atoms with E-state index in [1.165, 1.54) is 0 Å². The highest BCUT2D eigenvalue weighted by Crippen LogP contribution is 2.22. The van der Waals surface area contributed by atoms with Crippen molar-refractivity contribution in [2.75, 3.05) is 5.43 Å². The number of nitrogens with one attached hydrogen (secondary N) is 1. The molecule has 0 radical (unpaired) electrons. The van der Waals surface area contributed by atoms with E-state index in [2.05, 4.69) is 10.5 Å². The fourth-order valence-corrected chi connectivity index (χ4v) is 1.94. The minimum absolute atomic E-state index is 0.227. The van der Waals surface area contributed by atoms with Gasteiger partial charge in [-0.3, -0.25) is 0 Å². The van der Waals surface area contributed by atoms with E-state index < -0.39 is 0 Å². The minimum atomic E-state index is 0.227. The van der Waals surface area contributed by atoms with Crippen LogP contribution in [0.4, 0.5) is 0 Å². The molecule has 2 N–H and O–H groups in total. The molecule has 1 aromatic heterocycles. The van der Waals surface area contributed by atoms with Gasteiger partial charge in [0.1, 0.15) is 11.3 Å². The Labute approximate surface area is 104 Å². The average Bonchev–Trinajstić information content (AvgIpc) is 2.82. The van der Waals surface area contributed by atoms with Crippen molar-refractivity contribution in [2.24, 2.45) is 0 Å². The highest BCUT2D eigenvalue weighted by atomic mass is 16.3. The molecule has 0 spiro atoms. The summed E-state index contributed by atoms with van der Waals surface area (Å²) >= 11 is 0. The van der Waals surface area contributed by atoms with Gasteiger partial charge in [0, 0.05) is 5.39 Å². The predicted octanol–water partition coefficient (Wildman–Crippen LogP) is 2.49. The molecule has 3 rings (SSSR count). The standard InChI is InChI=1S/C14H13N3O/c18-13-8-4-7-12-10-16-17(14(12)13)15-9-11-5-2-1-3-6-11/h1-8,10,15,18H,9H2. The van der Waals surface area contributed by atoms with E-state index in [1.807, 2.05) is 36.4 Å². The Hall–Kier alpha value is -2.49. The molecular formula is C14H13N3O. The molecule has 0 aliphatic rings. The normalized spacial score (nSPS) is 10.7. The molecule has 4 nitrogen and oxygen atoms in total. The van der Waals surface area contributed by atoms with Crippen LogP contribution in [0, 0.1) is 0 Å². The van der Waals surface area contributed by atoms with Crippen LogP contribution in [0.25, 0.3) is 10.9 Å². The van der Waals surface area contributed by atoms with Crippen LogP contribution < -0.4 is 5.43 Å². The summed E-state index contributed by atoms with van der Waals surface area (Å²) in [6, 6.07) is 15.4. The number of phenolic OH excluding ortho intramolecular Hbond substituents is 1. The maximum atomic E-state index is 9.84. The minimum Gasteiger partial charge on any atom is -0.506 e. The largest absolute Gasteiger partial charge is 0.506 e. The lowest BCUT2D eigenvalue weighted by molar-refractivity contribution is 0.477. The first-order chi connectivity index (χ1) is 8.84. The quantitative estimate of drug-likeness (QED) is 0.738. The molecule has 0 fully saturated rings. The van der Waals surface area contributed by atoms with E-state index in [1.54, 1.807) is 23.1 Å². The first-order valence-corrected chi connectivity index (χ1v) is 5.78. The van der Waals surface area contributed by atoms with Crippen molar-refractivity contribution in [2.45, 2.75) is 6.54 Å². The zero-order chi connectivity index (χ0) is 12.4. The third-order valence-corrected chi connectivity index (χ3v) is 2.85. The number of benzene rings is 2. The molecule has 90 valence electrons. The smallest absolute Gasteiger partial charge is 0.143 e. The average molecular weight is 239 g/mol. The second-order valence-electron chi connectivity index (χ2n) is 4.09. The number of aromatic hydroxyl groups is 1. The predicted molar refractivity (Wildman–Crippen MR) is 70.9 cm³/mol. The van der Waals surface area contributed by atoms with E-state index in [0.717, 1.165) is 10.9 Å². The number of aromatic nitrogens is 2. The number of para-hydroxylation sites is 1. The monoisotopic (exact) mass is 239 g/mol. The molecule has 1 heterocycles. The van der Waals surface area contributed by atoms with E-state index in [0.29, 0.717) is 12.1 Å². The summed E-state index contributed by atoms with van der Waals surface area (Å²) in [6.45, 7) is 0.659. The summed E-state index contributed by atoms with van der Waals surface area (Å²) in [7, 11) is 0. The van der Waals surface area contributed by atoms with Gasteiger partial charge in [0.2, 0.25) is 0 Å². The van der Waals surface area contributed by atoms with Gasteiger partial charge in [-0.15, -0.1) is 0 Å². The molecule has 2 aromatic carbocycles. The Morgan fingerprint density at radius 1 is 1.06 bits per heavy atom. The molecule has 3 aromatic rings. The van der Waals surface area contributed by atoms with Crippen LogP contribution in [0.5, 0.6) is 5.75 Å². The second-order valence-corrected chi connectivity index (χ2v) is 4.09. The van der Waals surface area contributed by atoms with Gasteiger partial charge in [-0.1, -0.05) is 42.5 Å². The fraction of sp³-hybridized carbons (Fsp3) is 0.0714. The molecule has 0 bridgehead atoms. The number of hydrogen-bond donors (Lipinski definition) is 2. The van der Waals surface area contributed by atoms with Crippen LogP contribution in [0.2, 0.25) is 0 Å². The summed E-state index contributed by atoms with van der Waals surface area (Å²) in [5, 5.41) is 15.0. The molecule has 0 unspecified atom stereocenters. The van der Waals surface area contributed by atoms with E-state index >= 15 is 0 Å². The number of rotatable bonds is 3. The van der Waals surface area contributed by atoms with Crippen LogP contribution >= 0.6 is 0 Å². The molecule has 0 amide bonds. The van der Waals surface area contributed by atoms with Crippen LogP contribution in [-0.2, 0) is 6.54 Å². The number of phenols is 1. The van der Waals surface area contributed by atoms with Crippen molar-refractivity contribution in [3.05, 3.63) is 60.3 Å². The number of nitrogens with zero attached hydrogens (tertiary/aromatic N) is 2. The molecular weight excluding hydrogens is 226 g/mol. The molecule has 4 heteroatoms. The van der Waals surface area contributed by atoms with Crippen molar-refractivity contribution >= 4 is 10.9 Å². The van der Waals surface area contributed by atoms with E-state index in [4.69, 9.17) is 0 Å². The van der Waals surface area contributed by atoms with Gasteiger partial charge < -0.3 is 10.5 Å². The first kappa shape index (κ1) is 10.7. The maximum Gasteiger partial charge on any atom is 0.143 e. The van der Waals surface area contributed by atoms with Crippen molar-refractivity contribution in [1.82, 2.24) is 9.89 Å². The van der Waals surface area contributed by atoms with Gasteiger partial charge >= 0.3 is 0 Å². The Bertz CT molecular complexity index is 661. The SMILES string of the molecule is Oc1cccc2cnn(NCc3ccccc3)c12. The van der Waals surface area contributed by atoms with Crippen LogP contribution in [0.3, 0.4) is 0 Å². The molecule has 18 heavy (non-hydrogen) atoms. The van der Waals surface area contributed by atoms with Gasteiger partial charge in [0.05, 0.1) is 12.7 Å². The van der Waals surface area contributed by atoms with Crippen molar-refractivity contribution in [3.8, 4) is 5.75 Å². The summed E-state index contributed by atoms with van der Waals surface area (Å²) in [6.07, 6.45) is 1.73. The van der Waals surface area contributed by atoms with Crippen molar-refractivity contribution in [3.63, 3.8) is 0 Å². The molecule has 0 aliphatic heterocycles. The van der Waals surface area contributed by atoms with E-state index in [-0.39, 0.29) is 5.75 Å². The molecule has 0 atom stereocenters. The third-order valence-electron chi connectivity index (χ3n) is 2.85. The van der Waals surface area contributed by atoms with Gasteiger partial charge in [0.25, 0.3) is 0 Å². The summed E-state index contributed by atoms with van der Waals surface area (Å²) in [5.41, 5.74) is 5.04.